The molecule has 0 saturated carbocycles. The Bertz CT molecular complexity index is 605. The molecular formula is C11H7Br2Cl2N3. The van der Waals surface area contributed by atoms with E-state index in [1.165, 1.54) is 0 Å². The van der Waals surface area contributed by atoms with Crippen molar-refractivity contribution in [2.75, 3.05) is 11.1 Å². The summed E-state index contributed by atoms with van der Waals surface area (Å²) in [7, 11) is 0. The first kappa shape index (κ1) is 13.9. The third-order valence-corrected chi connectivity index (χ3v) is 3.91. The van der Waals surface area contributed by atoms with Gasteiger partial charge in [0, 0.05) is 8.95 Å². The molecule has 2 aromatic rings. The van der Waals surface area contributed by atoms with Crippen LogP contribution in [0.2, 0.25) is 10.0 Å². The summed E-state index contributed by atoms with van der Waals surface area (Å²) in [4.78, 5) is 4.10. The highest BCUT2D eigenvalue weighted by molar-refractivity contribution is 9.11. The normalized spacial score (nSPS) is 10.4. The zero-order valence-corrected chi connectivity index (χ0v) is 13.5. The van der Waals surface area contributed by atoms with Gasteiger partial charge in [-0.1, -0.05) is 39.1 Å². The fraction of sp³-hybridized carbons (Fsp3) is 0. The summed E-state index contributed by atoms with van der Waals surface area (Å²) >= 11 is 18.7. The molecule has 94 valence electrons. The van der Waals surface area contributed by atoms with Gasteiger partial charge >= 0.3 is 0 Å². The quantitative estimate of drug-likeness (QED) is 0.710. The van der Waals surface area contributed by atoms with Crippen molar-refractivity contribution in [3.63, 3.8) is 0 Å². The maximum Gasteiger partial charge on any atom is 0.151 e. The molecule has 1 aromatic heterocycles. The fourth-order valence-electron chi connectivity index (χ4n) is 1.29. The second-order valence-electron chi connectivity index (χ2n) is 3.44. The third-order valence-electron chi connectivity index (χ3n) is 2.14. The average molecular weight is 412 g/mol. The summed E-state index contributed by atoms with van der Waals surface area (Å²) in [5.74, 6) is 0.687. The van der Waals surface area contributed by atoms with Crippen LogP contribution in [0.25, 0.3) is 0 Å². The van der Waals surface area contributed by atoms with E-state index < -0.39 is 0 Å². The molecule has 3 N–H and O–H groups in total. The molecule has 1 aromatic carbocycles. The monoisotopic (exact) mass is 409 g/mol. The number of aromatic nitrogens is 1. The molecule has 0 spiro atoms. The zero-order valence-electron chi connectivity index (χ0n) is 8.85. The van der Waals surface area contributed by atoms with Crippen LogP contribution in [0, 0.1) is 0 Å². The van der Waals surface area contributed by atoms with Crippen LogP contribution in [-0.2, 0) is 0 Å². The Balaban J connectivity index is 2.40. The van der Waals surface area contributed by atoms with Gasteiger partial charge in [-0.15, -0.1) is 0 Å². The lowest BCUT2D eigenvalue weighted by Crippen LogP contribution is -1.99. The van der Waals surface area contributed by atoms with Gasteiger partial charge in [-0.25, -0.2) is 4.98 Å². The zero-order chi connectivity index (χ0) is 13.3. The molecule has 7 heteroatoms. The maximum atomic E-state index is 6.05. The van der Waals surface area contributed by atoms with Gasteiger partial charge in [0.05, 0.1) is 15.7 Å². The first-order chi connectivity index (χ1) is 8.47. The van der Waals surface area contributed by atoms with Gasteiger partial charge in [0.2, 0.25) is 0 Å². The van der Waals surface area contributed by atoms with Crippen LogP contribution in [0.1, 0.15) is 0 Å². The molecule has 0 amide bonds. The number of halogens is 4. The van der Waals surface area contributed by atoms with E-state index in [-0.39, 0.29) is 5.82 Å². The number of nitrogens with zero attached hydrogens (tertiary/aromatic N) is 1. The van der Waals surface area contributed by atoms with Gasteiger partial charge in [0.25, 0.3) is 0 Å². The first-order valence-corrected chi connectivity index (χ1v) is 7.15. The molecule has 0 fully saturated rings. The Hall–Kier alpha value is -0.490. The van der Waals surface area contributed by atoms with Crippen LogP contribution < -0.4 is 11.1 Å². The van der Waals surface area contributed by atoms with Crippen molar-refractivity contribution in [3.05, 3.63) is 43.3 Å². The summed E-state index contributed by atoms with van der Waals surface area (Å²) in [5, 5.41) is 3.83. The predicted octanol–water partition coefficient (Wildman–Crippen LogP) is 5.24. The van der Waals surface area contributed by atoms with E-state index in [0.717, 1.165) is 14.6 Å². The summed E-state index contributed by atoms with van der Waals surface area (Å²) in [6, 6.07) is 7.27. The van der Waals surface area contributed by atoms with Crippen LogP contribution >= 0.6 is 55.1 Å². The fourth-order valence-corrected chi connectivity index (χ4v) is 2.40. The highest BCUT2D eigenvalue weighted by Crippen LogP contribution is 2.33. The Morgan fingerprint density at radius 1 is 1.11 bits per heavy atom. The first-order valence-electron chi connectivity index (χ1n) is 4.81. The van der Waals surface area contributed by atoms with Crippen molar-refractivity contribution in [3.8, 4) is 0 Å². The van der Waals surface area contributed by atoms with Gasteiger partial charge in [-0.2, -0.15) is 0 Å². The van der Waals surface area contributed by atoms with E-state index >= 15 is 0 Å². The summed E-state index contributed by atoms with van der Waals surface area (Å²) in [6.07, 6.45) is 0. The minimum Gasteiger partial charge on any atom is -0.382 e. The lowest BCUT2D eigenvalue weighted by Gasteiger charge is -2.11. The number of nitrogen functional groups attached to an aromatic ring is 1. The predicted molar refractivity (Wildman–Crippen MR) is 83.8 cm³/mol. The average Bonchev–Trinajstić information content (AvgIpc) is 2.30. The topological polar surface area (TPSA) is 50.9 Å². The molecule has 0 radical (unpaired) electrons. The number of anilines is 3. The highest BCUT2D eigenvalue weighted by atomic mass is 79.9. The number of hydrogen-bond donors (Lipinski definition) is 2. The Kier molecular flexibility index (Phi) is 4.37. The van der Waals surface area contributed by atoms with Crippen LogP contribution in [-0.4, -0.2) is 4.98 Å². The summed E-state index contributed by atoms with van der Waals surface area (Å²) in [6.45, 7) is 0. The van der Waals surface area contributed by atoms with E-state index in [4.69, 9.17) is 28.9 Å². The molecule has 0 aliphatic rings. The number of nitrogens with two attached hydrogens (primary N) is 1. The van der Waals surface area contributed by atoms with Crippen molar-refractivity contribution in [1.29, 1.82) is 0 Å². The SMILES string of the molecule is Nc1nc(Nc2cc(Br)ccc2Br)c(Cl)cc1Cl. The van der Waals surface area contributed by atoms with Crippen molar-refractivity contribution < 1.29 is 0 Å². The van der Waals surface area contributed by atoms with E-state index in [9.17, 15) is 0 Å². The number of pyridine rings is 1. The van der Waals surface area contributed by atoms with Gasteiger partial charge in [0.15, 0.2) is 5.82 Å². The van der Waals surface area contributed by atoms with Crippen molar-refractivity contribution >= 4 is 72.4 Å². The van der Waals surface area contributed by atoms with Crippen molar-refractivity contribution in [2.45, 2.75) is 0 Å². The minimum atomic E-state index is 0.231. The largest absolute Gasteiger partial charge is 0.382 e. The molecule has 0 saturated heterocycles. The van der Waals surface area contributed by atoms with E-state index in [2.05, 4.69) is 42.2 Å². The molecule has 1 heterocycles. The van der Waals surface area contributed by atoms with Crippen LogP contribution in [0.15, 0.2) is 33.2 Å². The van der Waals surface area contributed by atoms with E-state index in [1.54, 1.807) is 6.07 Å². The summed E-state index contributed by atoms with van der Waals surface area (Å²) < 4.78 is 1.82. The molecule has 0 aliphatic heterocycles. The molecule has 18 heavy (non-hydrogen) atoms. The van der Waals surface area contributed by atoms with E-state index in [1.807, 2.05) is 18.2 Å². The summed E-state index contributed by atoms with van der Waals surface area (Å²) in [5.41, 5.74) is 6.47. The molecular weight excluding hydrogens is 405 g/mol. The molecule has 0 bridgehead atoms. The number of hydrogen-bond acceptors (Lipinski definition) is 3. The maximum absolute atomic E-state index is 6.05. The molecule has 0 aliphatic carbocycles. The van der Waals surface area contributed by atoms with Crippen LogP contribution in [0.4, 0.5) is 17.3 Å². The second kappa shape index (κ2) is 5.65. The molecule has 2 rings (SSSR count). The van der Waals surface area contributed by atoms with Crippen LogP contribution in [0.3, 0.4) is 0 Å². The Morgan fingerprint density at radius 3 is 2.56 bits per heavy atom. The van der Waals surface area contributed by atoms with Crippen LogP contribution in [0.5, 0.6) is 0 Å². The minimum absolute atomic E-state index is 0.231. The smallest absolute Gasteiger partial charge is 0.151 e. The third kappa shape index (κ3) is 3.09. The Morgan fingerprint density at radius 2 is 1.83 bits per heavy atom. The number of nitrogens with one attached hydrogen (secondary N) is 1. The highest BCUT2D eigenvalue weighted by Gasteiger charge is 2.09. The second-order valence-corrected chi connectivity index (χ2v) is 6.02. The molecule has 3 nitrogen and oxygen atoms in total. The number of benzene rings is 1. The molecule has 0 atom stereocenters. The van der Waals surface area contributed by atoms with Gasteiger partial charge in [-0.05, 0) is 40.2 Å². The van der Waals surface area contributed by atoms with Crippen molar-refractivity contribution in [2.24, 2.45) is 0 Å². The lowest BCUT2D eigenvalue weighted by atomic mass is 10.3. The van der Waals surface area contributed by atoms with Gasteiger partial charge < -0.3 is 11.1 Å². The van der Waals surface area contributed by atoms with E-state index in [0.29, 0.717) is 15.9 Å². The van der Waals surface area contributed by atoms with Crippen molar-refractivity contribution in [1.82, 2.24) is 4.98 Å². The van der Waals surface area contributed by atoms with Gasteiger partial charge in [0.1, 0.15) is 5.82 Å². The standard InChI is InChI=1S/C11H7Br2Cl2N3/c12-5-1-2-6(13)9(3-5)17-11-8(15)4-7(14)10(16)18-11/h1-4H,(H3,16,17,18). The van der Waals surface area contributed by atoms with Gasteiger partial charge in [-0.3, -0.25) is 0 Å². The number of rotatable bonds is 2. The molecule has 0 unspecified atom stereocenters. The Labute approximate surface area is 131 Å². The lowest BCUT2D eigenvalue weighted by molar-refractivity contribution is 1.31.